The van der Waals surface area contributed by atoms with Crippen molar-refractivity contribution in [2.45, 2.75) is 50.8 Å². The average molecular weight is 409 g/mol. The van der Waals surface area contributed by atoms with Crippen molar-refractivity contribution in [2.24, 2.45) is 0 Å². The Balaban J connectivity index is 1.87. The summed E-state index contributed by atoms with van der Waals surface area (Å²) in [7, 11) is 0. The van der Waals surface area contributed by atoms with Gasteiger partial charge in [0.15, 0.2) is 6.29 Å². The summed E-state index contributed by atoms with van der Waals surface area (Å²) >= 11 is 0. The fourth-order valence-corrected chi connectivity index (χ4v) is 2.47. The molecule has 1 rings (SSSR count). The Hall–Kier alpha value is -0.850. The largest absolute Gasteiger partial charge is 0.394 e. The third-order valence-electron chi connectivity index (χ3n) is 4.08. The van der Waals surface area contributed by atoms with Crippen LogP contribution < -0.4 is 5.32 Å². The number of hydrogen-bond acceptors (Lipinski definition) is 9. The molecule has 1 aliphatic rings. The first-order chi connectivity index (χ1) is 13.6. The normalized spacial score (nSPS) is 25.0. The molecule has 0 bridgehead atoms. The molecule has 4 N–H and O–H groups in total. The molecule has 1 heterocycles. The minimum Gasteiger partial charge on any atom is -0.394 e. The lowest BCUT2D eigenvalue weighted by atomic mass is 10.0. The van der Waals surface area contributed by atoms with Crippen LogP contribution in [0.5, 0.6) is 0 Å². The predicted molar refractivity (Wildman–Crippen MR) is 98.7 cm³/mol. The Labute approximate surface area is 166 Å². The van der Waals surface area contributed by atoms with Crippen LogP contribution in [-0.4, -0.2) is 105 Å². The van der Waals surface area contributed by atoms with Crippen LogP contribution in [0.1, 0.15) is 26.2 Å². The van der Waals surface area contributed by atoms with Gasteiger partial charge in [-0.05, 0) is 6.42 Å². The molecule has 1 saturated heterocycles. The molecule has 0 radical (unpaired) electrons. The summed E-state index contributed by atoms with van der Waals surface area (Å²) in [5.41, 5.74) is 0. The first-order valence-corrected chi connectivity index (χ1v) is 9.82. The Morgan fingerprint density at radius 3 is 2.36 bits per heavy atom. The summed E-state index contributed by atoms with van der Waals surface area (Å²) < 4.78 is 26.7. The topological polar surface area (TPSA) is 136 Å². The molecule has 0 aromatic rings. The van der Waals surface area contributed by atoms with E-state index >= 15 is 0 Å². The maximum atomic E-state index is 11.4. The van der Waals surface area contributed by atoms with E-state index in [0.717, 1.165) is 12.8 Å². The molecule has 1 aliphatic heterocycles. The standard InChI is InChI=1S/C18H35NO9/c1-2-3-4-19-16(22)13-26-8-7-24-5-6-25-9-10-27-17-11-14(21)18(23)15(12-20)28-17/h14-15,17-18,20-21,23H,2-13H2,1H3,(H,19,22)/t14-,15-,17?,18-/m1/s1. The lowest BCUT2D eigenvalue weighted by molar-refractivity contribution is -0.259. The van der Waals surface area contributed by atoms with Gasteiger partial charge >= 0.3 is 0 Å². The summed E-state index contributed by atoms with van der Waals surface area (Å²) in [5.74, 6) is -0.119. The number of aliphatic hydroxyl groups is 3. The summed E-state index contributed by atoms with van der Waals surface area (Å²) in [6.07, 6.45) is -1.51. The number of carbonyl (C=O) groups is 1. The van der Waals surface area contributed by atoms with Gasteiger partial charge in [-0.1, -0.05) is 13.3 Å². The number of hydrogen-bond donors (Lipinski definition) is 4. The van der Waals surface area contributed by atoms with Gasteiger partial charge in [0.25, 0.3) is 0 Å². The molecule has 1 amide bonds. The quantitative estimate of drug-likeness (QED) is 0.232. The van der Waals surface area contributed by atoms with Crippen LogP contribution in [0.4, 0.5) is 0 Å². The molecule has 0 aromatic carbocycles. The molecule has 166 valence electrons. The molecule has 1 unspecified atom stereocenters. The van der Waals surface area contributed by atoms with E-state index in [2.05, 4.69) is 12.2 Å². The number of rotatable bonds is 16. The van der Waals surface area contributed by atoms with Crippen LogP contribution >= 0.6 is 0 Å². The Morgan fingerprint density at radius 2 is 1.71 bits per heavy atom. The fourth-order valence-electron chi connectivity index (χ4n) is 2.47. The zero-order valence-corrected chi connectivity index (χ0v) is 16.6. The van der Waals surface area contributed by atoms with Crippen LogP contribution in [0.3, 0.4) is 0 Å². The van der Waals surface area contributed by atoms with E-state index in [0.29, 0.717) is 39.6 Å². The van der Waals surface area contributed by atoms with Crippen molar-refractivity contribution in [1.82, 2.24) is 5.32 Å². The van der Waals surface area contributed by atoms with Crippen molar-refractivity contribution in [3.8, 4) is 0 Å². The van der Waals surface area contributed by atoms with Crippen LogP contribution in [0, 0.1) is 0 Å². The average Bonchev–Trinajstić information content (AvgIpc) is 2.68. The number of aliphatic hydroxyl groups excluding tert-OH is 3. The van der Waals surface area contributed by atoms with E-state index in [-0.39, 0.29) is 32.1 Å². The zero-order chi connectivity index (χ0) is 20.6. The summed E-state index contributed by atoms with van der Waals surface area (Å²) in [4.78, 5) is 11.4. The molecular weight excluding hydrogens is 374 g/mol. The second-order valence-corrected chi connectivity index (χ2v) is 6.43. The van der Waals surface area contributed by atoms with Gasteiger partial charge in [0.05, 0.1) is 52.4 Å². The van der Waals surface area contributed by atoms with Crippen LogP contribution in [0.15, 0.2) is 0 Å². The Kier molecular flexibility index (Phi) is 14.4. The van der Waals surface area contributed by atoms with E-state index in [1.165, 1.54) is 0 Å². The van der Waals surface area contributed by atoms with Gasteiger partial charge in [0.2, 0.25) is 5.91 Å². The summed E-state index contributed by atoms with van der Waals surface area (Å²) in [6.45, 7) is 4.44. The van der Waals surface area contributed by atoms with Gasteiger partial charge in [-0.25, -0.2) is 0 Å². The van der Waals surface area contributed by atoms with E-state index in [9.17, 15) is 15.0 Å². The highest BCUT2D eigenvalue weighted by atomic mass is 16.7. The Morgan fingerprint density at radius 1 is 1.07 bits per heavy atom. The highest BCUT2D eigenvalue weighted by Gasteiger charge is 2.36. The van der Waals surface area contributed by atoms with Crippen molar-refractivity contribution >= 4 is 5.91 Å². The molecule has 10 heteroatoms. The Bertz CT molecular complexity index is 399. The molecule has 0 aromatic heterocycles. The van der Waals surface area contributed by atoms with Crippen LogP contribution in [0.2, 0.25) is 0 Å². The first-order valence-electron chi connectivity index (χ1n) is 9.82. The SMILES string of the molecule is CCCCNC(=O)COCCOCCOCCOC1C[C@@H](O)[C@@H](O)[C@@H](CO)O1. The number of ether oxygens (including phenoxy) is 5. The number of unbranched alkanes of at least 4 members (excludes halogenated alkanes) is 1. The van der Waals surface area contributed by atoms with Crippen molar-refractivity contribution in [2.75, 3.05) is 59.4 Å². The van der Waals surface area contributed by atoms with Crippen LogP contribution in [-0.2, 0) is 28.5 Å². The van der Waals surface area contributed by atoms with E-state index in [1.807, 2.05) is 0 Å². The van der Waals surface area contributed by atoms with Gasteiger partial charge in [0.1, 0.15) is 18.8 Å². The molecule has 0 saturated carbocycles. The van der Waals surface area contributed by atoms with Gasteiger partial charge < -0.3 is 44.3 Å². The third kappa shape index (κ3) is 11.2. The number of nitrogens with one attached hydrogen (secondary N) is 1. The van der Waals surface area contributed by atoms with Crippen LogP contribution in [0.25, 0.3) is 0 Å². The number of carbonyl (C=O) groups excluding carboxylic acids is 1. The lowest BCUT2D eigenvalue weighted by Gasteiger charge is -2.35. The van der Waals surface area contributed by atoms with E-state index < -0.39 is 24.6 Å². The molecule has 0 spiro atoms. The van der Waals surface area contributed by atoms with Gasteiger partial charge in [-0.15, -0.1) is 0 Å². The molecular formula is C18H35NO9. The monoisotopic (exact) mass is 409 g/mol. The smallest absolute Gasteiger partial charge is 0.245 e. The maximum absolute atomic E-state index is 11.4. The fraction of sp³-hybridized carbons (Fsp3) is 0.944. The van der Waals surface area contributed by atoms with Gasteiger partial charge in [-0.2, -0.15) is 0 Å². The molecule has 0 aliphatic carbocycles. The summed E-state index contributed by atoms with van der Waals surface area (Å²) in [6, 6.07) is 0. The molecule has 10 nitrogen and oxygen atoms in total. The minimum absolute atomic E-state index is 0.0347. The van der Waals surface area contributed by atoms with Crippen molar-refractivity contribution < 1.29 is 43.8 Å². The highest BCUT2D eigenvalue weighted by molar-refractivity contribution is 5.77. The number of amides is 1. The molecule has 4 atom stereocenters. The minimum atomic E-state index is -1.11. The lowest BCUT2D eigenvalue weighted by Crippen LogP contribution is -2.50. The van der Waals surface area contributed by atoms with Crippen molar-refractivity contribution in [1.29, 1.82) is 0 Å². The highest BCUT2D eigenvalue weighted by Crippen LogP contribution is 2.20. The maximum Gasteiger partial charge on any atom is 0.245 e. The van der Waals surface area contributed by atoms with Crippen molar-refractivity contribution in [3.63, 3.8) is 0 Å². The predicted octanol–water partition coefficient (Wildman–Crippen LogP) is -1.20. The van der Waals surface area contributed by atoms with E-state index in [4.69, 9.17) is 28.8 Å². The zero-order valence-electron chi connectivity index (χ0n) is 16.6. The third-order valence-corrected chi connectivity index (χ3v) is 4.08. The van der Waals surface area contributed by atoms with Gasteiger partial charge in [0, 0.05) is 13.0 Å². The first kappa shape index (κ1) is 25.2. The second kappa shape index (κ2) is 16.0. The molecule has 1 fully saturated rings. The van der Waals surface area contributed by atoms with Gasteiger partial charge in [-0.3, -0.25) is 4.79 Å². The summed E-state index contributed by atoms with van der Waals surface area (Å²) in [5, 5.41) is 31.2. The second-order valence-electron chi connectivity index (χ2n) is 6.43. The van der Waals surface area contributed by atoms with E-state index in [1.54, 1.807) is 0 Å². The molecule has 28 heavy (non-hydrogen) atoms. The van der Waals surface area contributed by atoms with Crippen molar-refractivity contribution in [3.05, 3.63) is 0 Å².